The molecule has 0 aliphatic carbocycles. The average Bonchev–Trinajstić information content (AvgIpc) is 3.27. The summed E-state index contributed by atoms with van der Waals surface area (Å²) in [6, 6.07) is 20.5. The van der Waals surface area contributed by atoms with Crippen molar-refractivity contribution >= 4 is 17.0 Å². The molecule has 4 rings (SSSR count). The Kier molecular flexibility index (Phi) is 5.58. The second-order valence-corrected chi connectivity index (χ2v) is 7.40. The molecule has 0 radical (unpaired) electrons. The molecule has 0 bridgehead atoms. The van der Waals surface area contributed by atoms with Gasteiger partial charge < -0.3 is 14.7 Å². The molecule has 0 amide bonds. The van der Waals surface area contributed by atoms with Gasteiger partial charge in [-0.05, 0) is 41.1 Å². The first-order valence-electron chi connectivity index (χ1n) is 9.95. The van der Waals surface area contributed by atoms with Gasteiger partial charge in [-0.25, -0.2) is 0 Å². The number of likely N-dealkylation sites (tertiary alicyclic amines) is 1. The lowest BCUT2D eigenvalue weighted by molar-refractivity contribution is -0.918. The highest BCUT2D eigenvalue weighted by Crippen LogP contribution is 2.25. The Balaban J connectivity index is 1.60. The van der Waals surface area contributed by atoms with Crippen molar-refractivity contribution in [3.8, 4) is 11.5 Å². The number of aliphatic imine (C=N–C) groups is 1. The number of nitrogens with one attached hydrogen (secondary N) is 1. The van der Waals surface area contributed by atoms with Crippen LogP contribution >= 0.6 is 0 Å². The zero-order valence-electron chi connectivity index (χ0n) is 16.3. The fourth-order valence-electron chi connectivity index (χ4n) is 4.15. The van der Waals surface area contributed by atoms with Crippen LogP contribution in [0.4, 0.5) is 0 Å². The summed E-state index contributed by atoms with van der Waals surface area (Å²) in [5, 5.41) is 12.5. The molecule has 0 aromatic heterocycles. The molecule has 2 N–H and O–H groups in total. The Bertz CT molecular complexity index is 960. The molecule has 1 heterocycles. The van der Waals surface area contributed by atoms with Crippen molar-refractivity contribution in [3.63, 3.8) is 0 Å². The van der Waals surface area contributed by atoms with Crippen LogP contribution in [0.3, 0.4) is 0 Å². The first-order valence-corrected chi connectivity index (χ1v) is 9.95. The Morgan fingerprint density at radius 2 is 1.79 bits per heavy atom. The lowest BCUT2D eigenvalue weighted by Crippen LogP contribution is -3.10. The van der Waals surface area contributed by atoms with E-state index in [1.165, 1.54) is 31.5 Å². The number of hydrogen-bond donors (Lipinski definition) is 2. The number of ether oxygens (including phenoxy) is 1. The monoisotopic (exact) mass is 375 g/mol. The Hall–Kier alpha value is -2.85. The van der Waals surface area contributed by atoms with Crippen molar-refractivity contribution in [2.75, 3.05) is 26.7 Å². The number of quaternary nitrogens is 1. The van der Waals surface area contributed by atoms with Gasteiger partial charge in [0.1, 0.15) is 17.5 Å². The van der Waals surface area contributed by atoms with Crippen LogP contribution in [0, 0.1) is 0 Å². The Morgan fingerprint density at radius 3 is 2.54 bits per heavy atom. The number of phenolic OH excluding ortho intramolecular Hbond substituents is 1. The zero-order valence-corrected chi connectivity index (χ0v) is 16.3. The fraction of sp³-hybridized carbons (Fsp3) is 0.292. The molecule has 3 aromatic rings. The lowest BCUT2D eigenvalue weighted by Gasteiger charge is -2.23. The first-order chi connectivity index (χ1) is 13.8. The molecule has 1 fully saturated rings. The standard InChI is InChI=1S/C24H26N2O2/c1-28-20-11-8-19(9-12-20)23(26-14-4-5-15-26)17-25-16-22-21-7-3-2-6-18(21)10-13-24(22)27/h2-3,6-13,16,23,27H,4-5,14-15,17H2,1H3/p+1/t23-/m0/s1. The van der Waals surface area contributed by atoms with E-state index in [4.69, 9.17) is 9.73 Å². The van der Waals surface area contributed by atoms with E-state index in [0.717, 1.165) is 22.1 Å². The van der Waals surface area contributed by atoms with Gasteiger partial charge in [-0.1, -0.05) is 30.3 Å². The summed E-state index contributed by atoms with van der Waals surface area (Å²) in [4.78, 5) is 6.37. The molecule has 144 valence electrons. The number of aromatic hydroxyl groups is 1. The van der Waals surface area contributed by atoms with Gasteiger partial charge in [0.2, 0.25) is 0 Å². The third kappa shape index (κ3) is 3.87. The van der Waals surface area contributed by atoms with Crippen LogP contribution in [-0.4, -0.2) is 38.1 Å². The van der Waals surface area contributed by atoms with Gasteiger partial charge in [0.15, 0.2) is 0 Å². The summed E-state index contributed by atoms with van der Waals surface area (Å²) >= 11 is 0. The van der Waals surface area contributed by atoms with Crippen LogP contribution < -0.4 is 9.64 Å². The highest BCUT2D eigenvalue weighted by molar-refractivity contribution is 6.02. The summed E-state index contributed by atoms with van der Waals surface area (Å²) in [5.74, 6) is 1.15. The van der Waals surface area contributed by atoms with E-state index in [-0.39, 0.29) is 5.75 Å². The molecule has 0 unspecified atom stereocenters. The number of rotatable bonds is 6. The second-order valence-electron chi connectivity index (χ2n) is 7.40. The van der Waals surface area contributed by atoms with Gasteiger partial charge in [0.25, 0.3) is 0 Å². The maximum Gasteiger partial charge on any atom is 0.133 e. The van der Waals surface area contributed by atoms with Crippen LogP contribution in [0.15, 0.2) is 65.7 Å². The van der Waals surface area contributed by atoms with Crippen molar-refractivity contribution in [2.45, 2.75) is 18.9 Å². The highest BCUT2D eigenvalue weighted by atomic mass is 16.5. The largest absolute Gasteiger partial charge is 0.507 e. The maximum atomic E-state index is 10.3. The number of fused-ring (bicyclic) bond motifs is 1. The zero-order chi connectivity index (χ0) is 19.3. The highest BCUT2D eigenvalue weighted by Gasteiger charge is 2.27. The third-order valence-electron chi connectivity index (χ3n) is 5.71. The summed E-state index contributed by atoms with van der Waals surface area (Å²) in [6.45, 7) is 3.07. The average molecular weight is 375 g/mol. The quantitative estimate of drug-likeness (QED) is 0.649. The van der Waals surface area contributed by atoms with Crippen LogP contribution in [0.1, 0.15) is 30.0 Å². The van der Waals surface area contributed by atoms with E-state index in [9.17, 15) is 5.11 Å². The van der Waals surface area contributed by atoms with Crippen LogP contribution in [-0.2, 0) is 0 Å². The number of nitrogens with zero attached hydrogens (tertiary/aromatic N) is 1. The minimum atomic E-state index is 0.275. The lowest BCUT2D eigenvalue weighted by atomic mass is 10.0. The van der Waals surface area contributed by atoms with Crippen LogP contribution in [0.2, 0.25) is 0 Å². The van der Waals surface area contributed by atoms with Crippen LogP contribution in [0.5, 0.6) is 11.5 Å². The second kappa shape index (κ2) is 8.44. The Morgan fingerprint density at radius 1 is 1.04 bits per heavy atom. The summed E-state index contributed by atoms with van der Waals surface area (Å²) in [6.07, 6.45) is 4.38. The molecule has 28 heavy (non-hydrogen) atoms. The van der Waals surface area contributed by atoms with Gasteiger partial charge in [-0.2, -0.15) is 0 Å². The molecule has 1 aliphatic heterocycles. The van der Waals surface area contributed by atoms with E-state index in [1.54, 1.807) is 18.1 Å². The molecular weight excluding hydrogens is 348 g/mol. The molecule has 4 heteroatoms. The van der Waals surface area contributed by atoms with Crippen molar-refractivity contribution in [2.24, 2.45) is 4.99 Å². The van der Waals surface area contributed by atoms with Crippen LogP contribution in [0.25, 0.3) is 10.8 Å². The van der Waals surface area contributed by atoms with Gasteiger partial charge in [-0.15, -0.1) is 0 Å². The van der Waals surface area contributed by atoms with Gasteiger partial charge in [0.05, 0.1) is 26.7 Å². The van der Waals surface area contributed by atoms with Crippen molar-refractivity contribution in [3.05, 3.63) is 71.8 Å². The number of hydrogen-bond acceptors (Lipinski definition) is 3. The number of phenols is 1. The van der Waals surface area contributed by atoms with E-state index < -0.39 is 0 Å². The molecule has 0 spiro atoms. The number of benzene rings is 3. The minimum Gasteiger partial charge on any atom is -0.507 e. The van der Waals surface area contributed by atoms with E-state index in [2.05, 4.69) is 18.2 Å². The van der Waals surface area contributed by atoms with E-state index >= 15 is 0 Å². The van der Waals surface area contributed by atoms with Crippen molar-refractivity contribution in [1.29, 1.82) is 0 Å². The van der Waals surface area contributed by atoms with Gasteiger partial charge >= 0.3 is 0 Å². The summed E-state index contributed by atoms with van der Waals surface area (Å²) in [5.41, 5.74) is 2.08. The normalized spacial score (nSPS) is 16.0. The van der Waals surface area contributed by atoms with Gasteiger partial charge in [-0.3, -0.25) is 4.99 Å². The smallest absolute Gasteiger partial charge is 0.133 e. The van der Waals surface area contributed by atoms with Crippen molar-refractivity contribution in [1.82, 2.24) is 0 Å². The van der Waals surface area contributed by atoms with E-state index in [1.807, 2.05) is 42.6 Å². The summed E-state index contributed by atoms with van der Waals surface area (Å²) in [7, 11) is 1.69. The number of methoxy groups -OCH3 is 1. The van der Waals surface area contributed by atoms with Crippen molar-refractivity contribution < 1.29 is 14.7 Å². The molecule has 1 aliphatic rings. The SMILES string of the molecule is COc1ccc([C@H](CN=Cc2c(O)ccc3ccccc23)[NH+]2CCCC2)cc1. The molecule has 3 aromatic carbocycles. The molecule has 4 nitrogen and oxygen atoms in total. The third-order valence-corrected chi connectivity index (χ3v) is 5.71. The molecule has 1 saturated heterocycles. The minimum absolute atomic E-state index is 0.275. The first kappa shape index (κ1) is 18.5. The fourth-order valence-corrected chi connectivity index (χ4v) is 4.15. The van der Waals surface area contributed by atoms with E-state index in [0.29, 0.717) is 12.6 Å². The van der Waals surface area contributed by atoms with Gasteiger partial charge in [0, 0.05) is 30.2 Å². The predicted octanol–water partition coefficient (Wildman–Crippen LogP) is 3.39. The maximum absolute atomic E-state index is 10.3. The Labute approximate surface area is 166 Å². The molecular formula is C24H27N2O2+. The predicted molar refractivity (Wildman–Crippen MR) is 114 cm³/mol. The topological polar surface area (TPSA) is 46.3 Å². The molecule has 1 atom stereocenters. The summed E-state index contributed by atoms with van der Waals surface area (Å²) < 4.78 is 5.30. The molecule has 0 saturated carbocycles.